The lowest BCUT2D eigenvalue weighted by atomic mass is 10.1. The lowest BCUT2D eigenvalue weighted by Gasteiger charge is -2.24. The van der Waals surface area contributed by atoms with Crippen molar-refractivity contribution in [3.8, 4) is 0 Å². The van der Waals surface area contributed by atoms with Gasteiger partial charge < -0.3 is 4.90 Å². The zero-order valence-corrected chi connectivity index (χ0v) is 14.3. The SMILES string of the molecule is C=CCCCN(C)C(=O)C(Sc1ccccc1)c1ccccc1. The maximum Gasteiger partial charge on any atom is 0.240 e. The number of likely N-dealkylation sites (N-methyl/N-ethyl adjacent to an activating group) is 1. The Bertz CT molecular complexity index is 612. The second-order valence-corrected chi connectivity index (χ2v) is 6.59. The Labute approximate surface area is 143 Å². The number of allylic oxidation sites excluding steroid dienone is 1. The minimum Gasteiger partial charge on any atom is -0.344 e. The third kappa shape index (κ3) is 5.29. The summed E-state index contributed by atoms with van der Waals surface area (Å²) in [6.45, 7) is 4.49. The van der Waals surface area contributed by atoms with Gasteiger partial charge in [0.2, 0.25) is 5.91 Å². The first-order valence-electron chi connectivity index (χ1n) is 7.85. The molecule has 1 amide bonds. The minimum absolute atomic E-state index is 0.147. The number of amides is 1. The molecule has 0 bridgehead atoms. The fourth-order valence-corrected chi connectivity index (χ4v) is 3.47. The van der Waals surface area contributed by atoms with Crippen molar-refractivity contribution in [2.24, 2.45) is 0 Å². The van der Waals surface area contributed by atoms with Gasteiger partial charge in [-0.3, -0.25) is 4.79 Å². The van der Waals surface area contributed by atoms with E-state index < -0.39 is 0 Å². The van der Waals surface area contributed by atoms with Gasteiger partial charge in [0.25, 0.3) is 0 Å². The highest BCUT2D eigenvalue weighted by Crippen LogP contribution is 2.36. The normalized spacial score (nSPS) is 11.7. The number of thioether (sulfide) groups is 1. The number of hydrogen-bond donors (Lipinski definition) is 0. The van der Waals surface area contributed by atoms with Crippen LogP contribution in [0.3, 0.4) is 0 Å². The number of rotatable bonds is 8. The van der Waals surface area contributed by atoms with E-state index in [9.17, 15) is 4.79 Å². The summed E-state index contributed by atoms with van der Waals surface area (Å²) in [5.74, 6) is 0.147. The molecule has 0 heterocycles. The lowest BCUT2D eigenvalue weighted by Crippen LogP contribution is -2.31. The first kappa shape index (κ1) is 17.4. The van der Waals surface area contributed by atoms with E-state index in [0.717, 1.165) is 29.8 Å². The van der Waals surface area contributed by atoms with Crippen LogP contribution < -0.4 is 0 Å². The first-order chi connectivity index (χ1) is 11.2. The van der Waals surface area contributed by atoms with Crippen molar-refractivity contribution in [3.05, 3.63) is 78.9 Å². The summed E-state index contributed by atoms with van der Waals surface area (Å²) >= 11 is 1.61. The third-order valence-electron chi connectivity index (χ3n) is 3.60. The van der Waals surface area contributed by atoms with Gasteiger partial charge in [0.05, 0.1) is 0 Å². The fraction of sp³-hybridized carbons (Fsp3) is 0.250. The van der Waals surface area contributed by atoms with E-state index in [0.29, 0.717) is 0 Å². The molecule has 1 atom stereocenters. The van der Waals surface area contributed by atoms with Crippen LogP contribution >= 0.6 is 11.8 Å². The molecule has 0 aliphatic heterocycles. The zero-order valence-electron chi connectivity index (χ0n) is 13.5. The molecule has 0 aliphatic rings. The Morgan fingerprint density at radius 1 is 1.13 bits per heavy atom. The molecule has 0 N–H and O–H groups in total. The zero-order chi connectivity index (χ0) is 16.5. The van der Waals surface area contributed by atoms with Crippen molar-refractivity contribution in [3.63, 3.8) is 0 Å². The minimum atomic E-state index is -0.215. The Balaban J connectivity index is 2.16. The van der Waals surface area contributed by atoms with Gasteiger partial charge in [0, 0.05) is 18.5 Å². The summed E-state index contributed by atoms with van der Waals surface area (Å²) < 4.78 is 0. The van der Waals surface area contributed by atoms with Crippen molar-refractivity contribution >= 4 is 17.7 Å². The molecule has 0 saturated heterocycles. The van der Waals surface area contributed by atoms with Gasteiger partial charge >= 0.3 is 0 Å². The third-order valence-corrected chi connectivity index (χ3v) is 4.86. The molecule has 1 unspecified atom stereocenters. The van der Waals surface area contributed by atoms with Crippen molar-refractivity contribution in [1.82, 2.24) is 4.90 Å². The van der Waals surface area contributed by atoms with Crippen LogP contribution in [0.15, 0.2) is 78.2 Å². The van der Waals surface area contributed by atoms with Gasteiger partial charge in [0.1, 0.15) is 5.25 Å². The van der Waals surface area contributed by atoms with Crippen LogP contribution in [-0.4, -0.2) is 24.4 Å². The number of unbranched alkanes of at least 4 members (excludes halogenated alkanes) is 1. The van der Waals surface area contributed by atoms with Gasteiger partial charge in [-0.15, -0.1) is 18.3 Å². The first-order valence-corrected chi connectivity index (χ1v) is 8.73. The highest BCUT2D eigenvalue weighted by atomic mass is 32.2. The lowest BCUT2D eigenvalue weighted by molar-refractivity contribution is -0.129. The Kier molecular flexibility index (Phi) is 6.95. The quantitative estimate of drug-likeness (QED) is 0.389. The maximum absolute atomic E-state index is 12.9. The largest absolute Gasteiger partial charge is 0.344 e. The number of nitrogens with zero attached hydrogens (tertiary/aromatic N) is 1. The summed E-state index contributed by atoms with van der Waals surface area (Å²) in [5.41, 5.74) is 1.04. The van der Waals surface area contributed by atoms with Gasteiger partial charge in [-0.25, -0.2) is 0 Å². The van der Waals surface area contributed by atoms with Crippen molar-refractivity contribution in [1.29, 1.82) is 0 Å². The number of hydrogen-bond acceptors (Lipinski definition) is 2. The average molecular weight is 325 g/mol. The van der Waals surface area contributed by atoms with Gasteiger partial charge in [-0.1, -0.05) is 54.6 Å². The van der Waals surface area contributed by atoms with E-state index in [-0.39, 0.29) is 11.2 Å². The van der Waals surface area contributed by atoms with Crippen molar-refractivity contribution < 1.29 is 4.79 Å². The van der Waals surface area contributed by atoms with E-state index in [1.807, 2.05) is 78.7 Å². The number of benzene rings is 2. The van der Waals surface area contributed by atoms with Gasteiger partial charge in [0.15, 0.2) is 0 Å². The fourth-order valence-electron chi connectivity index (χ4n) is 2.31. The van der Waals surface area contributed by atoms with Crippen LogP contribution in [0.1, 0.15) is 23.7 Å². The van der Waals surface area contributed by atoms with Crippen LogP contribution in [0.25, 0.3) is 0 Å². The van der Waals surface area contributed by atoms with E-state index >= 15 is 0 Å². The maximum atomic E-state index is 12.9. The number of carbonyl (C=O) groups excluding carboxylic acids is 1. The van der Waals surface area contributed by atoms with Crippen LogP contribution in [-0.2, 0) is 4.79 Å². The topological polar surface area (TPSA) is 20.3 Å². The van der Waals surface area contributed by atoms with Crippen molar-refractivity contribution in [2.75, 3.05) is 13.6 Å². The predicted molar refractivity (Wildman–Crippen MR) is 98.6 cm³/mol. The monoisotopic (exact) mass is 325 g/mol. The molecule has 0 spiro atoms. The molecule has 0 fully saturated rings. The molecule has 2 nitrogen and oxygen atoms in total. The average Bonchev–Trinajstić information content (AvgIpc) is 2.61. The summed E-state index contributed by atoms with van der Waals surface area (Å²) in [6, 6.07) is 20.1. The summed E-state index contributed by atoms with van der Waals surface area (Å²) in [4.78, 5) is 15.9. The van der Waals surface area contributed by atoms with Gasteiger partial charge in [-0.2, -0.15) is 0 Å². The van der Waals surface area contributed by atoms with Crippen LogP contribution in [0, 0.1) is 0 Å². The smallest absolute Gasteiger partial charge is 0.240 e. The van der Waals surface area contributed by atoms with Crippen LogP contribution in [0.4, 0.5) is 0 Å². The molecule has 0 aromatic heterocycles. The molecular weight excluding hydrogens is 302 g/mol. The van der Waals surface area contributed by atoms with Gasteiger partial charge in [-0.05, 0) is 30.5 Å². The summed E-state index contributed by atoms with van der Waals surface area (Å²) in [6.07, 6.45) is 3.77. The molecule has 2 rings (SSSR count). The highest BCUT2D eigenvalue weighted by Gasteiger charge is 2.24. The number of carbonyl (C=O) groups is 1. The second kappa shape index (κ2) is 9.21. The van der Waals surface area contributed by atoms with E-state index in [4.69, 9.17) is 0 Å². The molecule has 3 heteroatoms. The molecule has 2 aromatic carbocycles. The molecule has 0 radical (unpaired) electrons. The Hall–Kier alpha value is -2.00. The standard InChI is InChI=1S/C20H23NOS/c1-3-4-11-16-21(2)20(22)19(17-12-7-5-8-13-17)23-18-14-9-6-10-15-18/h3,5-10,12-15,19H,1,4,11,16H2,2H3. The summed E-state index contributed by atoms with van der Waals surface area (Å²) in [7, 11) is 1.88. The highest BCUT2D eigenvalue weighted by molar-refractivity contribution is 8.00. The molecule has 23 heavy (non-hydrogen) atoms. The molecule has 2 aromatic rings. The van der Waals surface area contributed by atoms with Crippen LogP contribution in [0.2, 0.25) is 0 Å². The summed E-state index contributed by atoms with van der Waals surface area (Å²) in [5, 5.41) is -0.215. The molecular formula is C20H23NOS. The van der Waals surface area contributed by atoms with Crippen molar-refractivity contribution in [2.45, 2.75) is 23.0 Å². The second-order valence-electron chi connectivity index (χ2n) is 5.41. The Morgan fingerprint density at radius 2 is 1.74 bits per heavy atom. The molecule has 0 saturated carbocycles. The molecule has 120 valence electrons. The van der Waals surface area contributed by atoms with E-state index in [2.05, 4.69) is 6.58 Å². The predicted octanol–water partition coefficient (Wildman–Crippen LogP) is 4.94. The van der Waals surface area contributed by atoms with E-state index in [1.165, 1.54) is 0 Å². The molecule has 0 aliphatic carbocycles. The van der Waals surface area contributed by atoms with Crippen LogP contribution in [0.5, 0.6) is 0 Å². The Morgan fingerprint density at radius 3 is 2.35 bits per heavy atom. The van der Waals surface area contributed by atoms with E-state index in [1.54, 1.807) is 11.8 Å².